The molecule has 1 unspecified atom stereocenters. The standard InChI is InChI=1S/C28H33ClF3N3O5S/c1-14-9-22(41-4)20(26(37)34-14)13-33-25(36)19-12-21(29)24-23(15(19)2)39-27(3,40-24)16-5-7-35(8-6-16)17-10-18(11-17)38-28(30,31)32/h9,12,16-18H,5-8,10-11,13H2,1-4H3,(H,33,36)(H,34,37). The monoisotopic (exact) mass is 615 g/mol. The summed E-state index contributed by atoms with van der Waals surface area (Å²) >= 11 is 8.01. The number of nitrogens with one attached hydrogen (secondary N) is 2. The van der Waals surface area contributed by atoms with Crippen LogP contribution in [0, 0.1) is 19.8 Å². The summed E-state index contributed by atoms with van der Waals surface area (Å²) in [6.07, 6.45) is -1.28. The zero-order valence-corrected chi connectivity index (χ0v) is 24.8. The number of alkyl halides is 3. The molecule has 1 atom stereocenters. The molecule has 0 radical (unpaired) electrons. The molecule has 0 bridgehead atoms. The number of nitrogens with zero attached hydrogens (tertiary/aromatic N) is 1. The van der Waals surface area contributed by atoms with E-state index in [9.17, 15) is 22.8 Å². The molecule has 2 N–H and O–H groups in total. The van der Waals surface area contributed by atoms with Gasteiger partial charge in [0.15, 0.2) is 11.5 Å². The first-order valence-electron chi connectivity index (χ1n) is 13.5. The van der Waals surface area contributed by atoms with Gasteiger partial charge in [-0.15, -0.1) is 24.9 Å². The number of piperidine rings is 1. The molecule has 1 aromatic carbocycles. The van der Waals surface area contributed by atoms with E-state index >= 15 is 0 Å². The van der Waals surface area contributed by atoms with Crippen molar-refractivity contribution in [2.45, 2.75) is 82.2 Å². The van der Waals surface area contributed by atoms with Crippen LogP contribution in [0.3, 0.4) is 0 Å². The summed E-state index contributed by atoms with van der Waals surface area (Å²) in [6, 6.07) is 3.50. The van der Waals surface area contributed by atoms with Gasteiger partial charge in [-0.05, 0) is 71.0 Å². The lowest BCUT2D eigenvalue weighted by Crippen LogP contribution is -2.54. The SMILES string of the molecule is CSc1cc(C)[nH]c(=O)c1CNC(=O)c1cc(Cl)c2c(c1C)OC(C)(C1CCN(C3CC(OC(F)(F)F)C3)CC1)O2. The Morgan fingerprint density at radius 2 is 1.88 bits per heavy atom. The molecule has 1 aromatic heterocycles. The second kappa shape index (κ2) is 11.3. The van der Waals surface area contributed by atoms with Crippen molar-refractivity contribution in [3.05, 3.63) is 49.9 Å². The third-order valence-corrected chi connectivity index (χ3v) is 9.41. The number of likely N-dealkylation sites (tertiary alicyclic amines) is 1. The zero-order chi connectivity index (χ0) is 29.7. The van der Waals surface area contributed by atoms with Crippen LogP contribution in [0.5, 0.6) is 11.5 Å². The minimum absolute atomic E-state index is 0.0134. The predicted octanol–water partition coefficient (Wildman–Crippen LogP) is 5.56. The first-order chi connectivity index (χ1) is 19.3. The van der Waals surface area contributed by atoms with Crippen molar-refractivity contribution in [3.63, 3.8) is 0 Å². The highest BCUT2D eigenvalue weighted by atomic mass is 35.5. The maximum atomic E-state index is 13.2. The number of aromatic nitrogens is 1. The average molecular weight is 616 g/mol. The summed E-state index contributed by atoms with van der Waals surface area (Å²) in [6.45, 7) is 6.90. The molecule has 1 amide bonds. The lowest BCUT2D eigenvalue weighted by atomic mass is 9.83. The molecule has 1 saturated carbocycles. The number of pyridine rings is 1. The second-order valence-electron chi connectivity index (χ2n) is 11.0. The Hall–Kier alpha value is -2.41. The van der Waals surface area contributed by atoms with E-state index in [1.165, 1.54) is 11.8 Å². The van der Waals surface area contributed by atoms with Crippen molar-refractivity contribution in [3.8, 4) is 11.5 Å². The van der Waals surface area contributed by atoms with E-state index < -0.39 is 24.2 Å². The molecule has 3 heterocycles. The van der Waals surface area contributed by atoms with E-state index in [0.717, 1.165) is 23.4 Å². The van der Waals surface area contributed by atoms with E-state index in [1.54, 1.807) is 19.9 Å². The van der Waals surface area contributed by atoms with E-state index in [-0.39, 0.29) is 29.1 Å². The molecule has 1 saturated heterocycles. The topological polar surface area (TPSA) is 92.9 Å². The van der Waals surface area contributed by atoms with Gasteiger partial charge in [0.1, 0.15) is 0 Å². The van der Waals surface area contributed by atoms with Crippen LogP contribution >= 0.6 is 23.4 Å². The number of carbonyl (C=O) groups is 1. The first kappa shape index (κ1) is 30.1. The normalized spacial score (nSPS) is 24.8. The molecule has 224 valence electrons. The van der Waals surface area contributed by atoms with Crippen LogP contribution < -0.4 is 20.3 Å². The lowest BCUT2D eigenvalue weighted by Gasteiger charge is -2.47. The minimum atomic E-state index is -4.60. The average Bonchev–Trinajstić information content (AvgIpc) is 3.26. The van der Waals surface area contributed by atoms with Gasteiger partial charge in [0, 0.05) is 52.7 Å². The van der Waals surface area contributed by atoms with Crippen LogP contribution in [-0.2, 0) is 11.3 Å². The predicted molar refractivity (Wildman–Crippen MR) is 149 cm³/mol. The van der Waals surface area contributed by atoms with E-state index in [1.807, 2.05) is 19.2 Å². The van der Waals surface area contributed by atoms with Gasteiger partial charge in [0.25, 0.3) is 17.3 Å². The number of amides is 1. The zero-order valence-electron chi connectivity index (χ0n) is 23.2. The molecule has 2 fully saturated rings. The Morgan fingerprint density at radius 1 is 1.22 bits per heavy atom. The van der Waals surface area contributed by atoms with Crippen molar-refractivity contribution >= 4 is 29.3 Å². The van der Waals surface area contributed by atoms with Gasteiger partial charge < -0.3 is 24.7 Å². The van der Waals surface area contributed by atoms with Crippen LogP contribution in [0.4, 0.5) is 13.2 Å². The maximum absolute atomic E-state index is 13.2. The van der Waals surface area contributed by atoms with Crippen molar-refractivity contribution in [2.75, 3.05) is 19.3 Å². The van der Waals surface area contributed by atoms with Gasteiger partial charge in [-0.2, -0.15) is 0 Å². The van der Waals surface area contributed by atoms with Crippen LogP contribution in [0.15, 0.2) is 21.8 Å². The quantitative estimate of drug-likeness (QED) is 0.394. The summed E-state index contributed by atoms with van der Waals surface area (Å²) in [4.78, 5) is 31.5. The summed E-state index contributed by atoms with van der Waals surface area (Å²) in [7, 11) is 0. The number of H-pyrrole nitrogens is 1. The third-order valence-electron chi connectivity index (χ3n) is 8.33. The molecular formula is C28H33ClF3N3O5S. The number of thioether (sulfide) groups is 1. The minimum Gasteiger partial charge on any atom is -0.448 e. The number of fused-ring (bicyclic) bond motifs is 1. The summed E-state index contributed by atoms with van der Waals surface area (Å²) in [5.41, 5.74) is 1.88. The molecule has 8 nitrogen and oxygen atoms in total. The lowest BCUT2D eigenvalue weighted by molar-refractivity contribution is -0.354. The number of hydrogen-bond donors (Lipinski definition) is 2. The van der Waals surface area contributed by atoms with Crippen molar-refractivity contribution in [2.24, 2.45) is 5.92 Å². The number of rotatable bonds is 7. The fourth-order valence-corrected chi connectivity index (χ4v) is 6.90. The number of hydrogen-bond acceptors (Lipinski definition) is 7. The van der Waals surface area contributed by atoms with E-state index in [0.29, 0.717) is 54.1 Å². The van der Waals surface area contributed by atoms with Crippen LogP contribution in [-0.4, -0.2) is 59.4 Å². The highest BCUT2D eigenvalue weighted by Crippen LogP contribution is 2.51. The molecule has 3 aliphatic rings. The Balaban J connectivity index is 1.22. The fourth-order valence-electron chi connectivity index (χ4n) is 5.96. The number of carbonyl (C=O) groups excluding carboxylic acids is 1. The fraction of sp³-hybridized carbons (Fsp3) is 0.571. The molecule has 5 rings (SSSR count). The van der Waals surface area contributed by atoms with Crippen molar-refractivity contribution in [1.29, 1.82) is 0 Å². The molecular weight excluding hydrogens is 583 g/mol. The second-order valence-corrected chi connectivity index (χ2v) is 12.3. The Morgan fingerprint density at radius 3 is 2.51 bits per heavy atom. The van der Waals surface area contributed by atoms with Gasteiger partial charge in [0.05, 0.1) is 11.1 Å². The molecule has 0 spiro atoms. The number of aromatic amines is 1. The smallest absolute Gasteiger partial charge is 0.448 e. The van der Waals surface area contributed by atoms with Crippen molar-refractivity contribution in [1.82, 2.24) is 15.2 Å². The number of benzene rings is 1. The highest BCUT2D eigenvalue weighted by Gasteiger charge is 2.49. The van der Waals surface area contributed by atoms with Gasteiger partial charge >= 0.3 is 6.36 Å². The van der Waals surface area contributed by atoms with Gasteiger partial charge in [-0.3, -0.25) is 14.3 Å². The number of halogens is 4. The number of aryl methyl sites for hydroxylation is 1. The molecule has 41 heavy (non-hydrogen) atoms. The van der Waals surface area contributed by atoms with Gasteiger partial charge in [0.2, 0.25) is 0 Å². The Bertz CT molecular complexity index is 1390. The number of ether oxygens (including phenoxy) is 3. The maximum Gasteiger partial charge on any atom is 0.522 e. The highest BCUT2D eigenvalue weighted by molar-refractivity contribution is 7.98. The molecule has 1 aliphatic carbocycles. The summed E-state index contributed by atoms with van der Waals surface area (Å²) < 4.78 is 54.1. The largest absolute Gasteiger partial charge is 0.522 e. The summed E-state index contributed by atoms with van der Waals surface area (Å²) in [5, 5.41) is 3.08. The molecule has 2 aromatic rings. The Labute approximate surface area is 245 Å². The van der Waals surface area contributed by atoms with Crippen LogP contribution in [0.1, 0.15) is 59.8 Å². The van der Waals surface area contributed by atoms with E-state index in [2.05, 4.69) is 19.9 Å². The van der Waals surface area contributed by atoms with Crippen LogP contribution in [0.25, 0.3) is 0 Å². The van der Waals surface area contributed by atoms with Gasteiger partial charge in [-0.25, -0.2) is 0 Å². The van der Waals surface area contributed by atoms with Gasteiger partial charge in [-0.1, -0.05) is 11.6 Å². The summed E-state index contributed by atoms with van der Waals surface area (Å²) in [5.74, 6) is -0.576. The van der Waals surface area contributed by atoms with Crippen molar-refractivity contribution < 1.29 is 32.2 Å². The van der Waals surface area contributed by atoms with E-state index in [4.69, 9.17) is 21.1 Å². The third kappa shape index (κ3) is 6.21. The molecule has 13 heteroatoms. The van der Waals surface area contributed by atoms with Crippen LogP contribution in [0.2, 0.25) is 5.02 Å². The molecule has 2 aliphatic heterocycles. The first-order valence-corrected chi connectivity index (χ1v) is 15.1. The Kier molecular flexibility index (Phi) is 8.32.